The summed E-state index contributed by atoms with van der Waals surface area (Å²) in [5, 5.41) is 13.8. The van der Waals surface area contributed by atoms with Crippen molar-refractivity contribution in [3.05, 3.63) is 59.7 Å². The van der Waals surface area contributed by atoms with Crippen LogP contribution in [0.1, 0.15) is 37.8 Å². The van der Waals surface area contributed by atoms with E-state index in [2.05, 4.69) is 10.6 Å². The zero-order chi connectivity index (χ0) is 24.8. The number of carboxylic acid groups (broad SMARTS) is 1. The predicted molar refractivity (Wildman–Crippen MR) is 123 cm³/mol. The second-order valence-electron chi connectivity index (χ2n) is 8.08. The predicted octanol–water partition coefficient (Wildman–Crippen LogP) is 2.68. The van der Waals surface area contributed by atoms with Gasteiger partial charge >= 0.3 is 18.0 Å². The van der Waals surface area contributed by atoms with E-state index in [4.69, 9.17) is 14.6 Å². The van der Waals surface area contributed by atoms with E-state index in [9.17, 15) is 19.2 Å². The Morgan fingerprint density at radius 3 is 2.00 bits per heavy atom. The van der Waals surface area contributed by atoms with Crippen LogP contribution in [0.2, 0.25) is 0 Å². The lowest BCUT2D eigenvalue weighted by Gasteiger charge is -2.22. The van der Waals surface area contributed by atoms with Crippen molar-refractivity contribution in [2.75, 3.05) is 13.2 Å². The normalized spacial score (nSPS) is 14.7. The molecule has 3 atom stereocenters. The average Bonchev–Trinajstić information content (AvgIpc) is 3.14. The molecule has 0 fully saturated rings. The summed E-state index contributed by atoms with van der Waals surface area (Å²) in [4.78, 5) is 48.7. The van der Waals surface area contributed by atoms with E-state index >= 15 is 0 Å². The molecule has 3 unspecified atom stereocenters. The van der Waals surface area contributed by atoms with E-state index in [0.29, 0.717) is 0 Å². The lowest BCUT2D eigenvalue weighted by Crippen LogP contribution is -2.55. The zero-order valence-corrected chi connectivity index (χ0v) is 19.2. The van der Waals surface area contributed by atoms with Gasteiger partial charge in [0.05, 0.1) is 12.5 Å². The van der Waals surface area contributed by atoms with Crippen molar-refractivity contribution in [3.63, 3.8) is 0 Å². The van der Waals surface area contributed by atoms with Crippen LogP contribution in [-0.4, -0.2) is 54.3 Å². The number of aliphatic carboxylic acids is 1. The second-order valence-corrected chi connectivity index (χ2v) is 8.08. The van der Waals surface area contributed by atoms with Crippen molar-refractivity contribution in [2.45, 2.75) is 38.8 Å². The number of carbonyl (C=O) groups excluding carboxylic acids is 3. The van der Waals surface area contributed by atoms with Gasteiger partial charge in [-0.3, -0.25) is 14.9 Å². The smallest absolute Gasteiger partial charge is 0.408 e. The molecule has 0 aromatic heterocycles. The number of carbonyl (C=O) groups is 4. The Balaban J connectivity index is 1.69. The average molecular weight is 469 g/mol. The molecule has 0 bridgehead atoms. The number of ether oxygens (including phenoxy) is 2. The SMILES string of the molecule is CCOC(=O)C(NC(=O)OCC1c2ccccc2-c2ccccc21)C(=O)NC(C)C(C)C(=O)O. The number of carboxylic acids is 1. The maximum Gasteiger partial charge on any atom is 0.408 e. The molecule has 3 N–H and O–H groups in total. The van der Waals surface area contributed by atoms with Crippen molar-refractivity contribution in [3.8, 4) is 11.1 Å². The topological polar surface area (TPSA) is 131 Å². The van der Waals surface area contributed by atoms with Gasteiger partial charge in [0.2, 0.25) is 6.04 Å². The molecule has 0 saturated carbocycles. The molecule has 0 heterocycles. The maximum atomic E-state index is 12.6. The molecule has 2 aromatic carbocycles. The molecule has 3 rings (SSSR count). The monoisotopic (exact) mass is 468 g/mol. The standard InChI is InChI=1S/C25H28N2O7/c1-4-33-24(31)21(22(28)26-15(3)14(2)23(29)30)27-25(32)34-13-20-18-11-7-5-9-16(18)17-10-6-8-12-19(17)20/h5-12,14-15,20-21H,4,13H2,1-3H3,(H,26,28)(H,27,32)(H,29,30). The first-order chi connectivity index (χ1) is 16.2. The molecule has 0 saturated heterocycles. The Bertz CT molecular complexity index is 1040. The van der Waals surface area contributed by atoms with Crippen LogP contribution in [0, 0.1) is 5.92 Å². The van der Waals surface area contributed by atoms with E-state index in [1.54, 1.807) is 6.92 Å². The Hall–Kier alpha value is -3.88. The molecule has 2 amide bonds. The lowest BCUT2D eigenvalue weighted by atomic mass is 9.98. The number of hydrogen-bond acceptors (Lipinski definition) is 6. The van der Waals surface area contributed by atoms with E-state index in [1.165, 1.54) is 13.8 Å². The minimum Gasteiger partial charge on any atom is -0.481 e. The summed E-state index contributed by atoms with van der Waals surface area (Å²) in [7, 11) is 0. The summed E-state index contributed by atoms with van der Waals surface area (Å²) >= 11 is 0. The first-order valence-electron chi connectivity index (χ1n) is 11.1. The Morgan fingerprint density at radius 2 is 1.47 bits per heavy atom. The molecule has 9 heteroatoms. The van der Waals surface area contributed by atoms with Gasteiger partial charge in [0.15, 0.2) is 0 Å². The van der Waals surface area contributed by atoms with Gasteiger partial charge in [0.25, 0.3) is 5.91 Å². The summed E-state index contributed by atoms with van der Waals surface area (Å²) < 4.78 is 10.3. The highest BCUT2D eigenvalue weighted by molar-refractivity contribution is 6.04. The van der Waals surface area contributed by atoms with Crippen LogP contribution in [0.15, 0.2) is 48.5 Å². The highest BCUT2D eigenvalue weighted by atomic mass is 16.6. The van der Waals surface area contributed by atoms with Gasteiger partial charge in [-0.05, 0) is 43.0 Å². The molecule has 2 aromatic rings. The van der Waals surface area contributed by atoms with Gasteiger partial charge < -0.3 is 19.9 Å². The fraction of sp³-hybridized carbons (Fsp3) is 0.360. The third-order valence-corrected chi connectivity index (χ3v) is 5.90. The Morgan fingerprint density at radius 1 is 0.912 bits per heavy atom. The van der Waals surface area contributed by atoms with Crippen molar-refractivity contribution in [1.82, 2.24) is 10.6 Å². The van der Waals surface area contributed by atoms with Crippen LogP contribution >= 0.6 is 0 Å². The van der Waals surface area contributed by atoms with Crippen molar-refractivity contribution in [2.24, 2.45) is 5.92 Å². The van der Waals surface area contributed by atoms with Gasteiger partial charge in [0, 0.05) is 12.0 Å². The quantitative estimate of drug-likeness (QED) is 0.381. The number of rotatable bonds is 9. The number of nitrogens with one attached hydrogen (secondary N) is 2. The van der Waals surface area contributed by atoms with Crippen molar-refractivity contribution >= 4 is 23.9 Å². The molecule has 1 aliphatic carbocycles. The van der Waals surface area contributed by atoms with Gasteiger partial charge in [-0.1, -0.05) is 48.5 Å². The number of amides is 2. The first-order valence-corrected chi connectivity index (χ1v) is 11.1. The summed E-state index contributed by atoms with van der Waals surface area (Å²) in [5.41, 5.74) is 4.18. The summed E-state index contributed by atoms with van der Waals surface area (Å²) in [6.07, 6.45) is -0.964. The Labute approximate surface area is 197 Å². The molecule has 9 nitrogen and oxygen atoms in total. The summed E-state index contributed by atoms with van der Waals surface area (Å²) in [6.45, 7) is 4.48. The molecular weight excluding hydrogens is 440 g/mol. The van der Waals surface area contributed by atoms with Crippen molar-refractivity contribution < 1.29 is 33.8 Å². The molecule has 34 heavy (non-hydrogen) atoms. The molecular formula is C25H28N2O7. The highest BCUT2D eigenvalue weighted by Crippen LogP contribution is 2.44. The lowest BCUT2D eigenvalue weighted by molar-refractivity contribution is -0.149. The molecule has 0 radical (unpaired) electrons. The van der Waals surface area contributed by atoms with Gasteiger partial charge in [0.1, 0.15) is 6.61 Å². The number of hydrogen-bond donors (Lipinski definition) is 3. The van der Waals surface area contributed by atoms with Crippen LogP contribution in [0.3, 0.4) is 0 Å². The van der Waals surface area contributed by atoms with Crippen molar-refractivity contribution in [1.29, 1.82) is 0 Å². The molecule has 180 valence electrons. The van der Waals surface area contributed by atoms with E-state index in [1.807, 2.05) is 48.5 Å². The fourth-order valence-corrected chi connectivity index (χ4v) is 3.86. The number of esters is 1. The zero-order valence-electron chi connectivity index (χ0n) is 19.2. The van der Waals surface area contributed by atoms with Gasteiger partial charge in [-0.15, -0.1) is 0 Å². The first kappa shape index (κ1) is 24.8. The van der Waals surface area contributed by atoms with Crippen LogP contribution in [-0.2, 0) is 23.9 Å². The Kier molecular flexibility index (Phi) is 7.88. The summed E-state index contributed by atoms with van der Waals surface area (Å²) in [5.74, 6) is -4.05. The van der Waals surface area contributed by atoms with Gasteiger partial charge in [-0.25, -0.2) is 9.59 Å². The van der Waals surface area contributed by atoms with Crippen LogP contribution in [0.4, 0.5) is 4.79 Å². The number of fused-ring (bicyclic) bond motifs is 3. The third kappa shape index (κ3) is 5.36. The van der Waals surface area contributed by atoms with E-state index in [-0.39, 0.29) is 19.1 Å². The second kappa shape index (κ2) is 10.8. The minimum absolute atomic E-state index is 0.00345. The van der Waals surface area contributed by atoms with Crippen LogP contribution < -0.4 is 10.6 Å². The molecule has 0 spiro atoms. The third-order valence-electron chi connectivity index (χ3n) is 5.90. The highest BCUT2D eigenvalue weighted by Gasteiger charge is 2.34. The van der Waals surface area contributed by atoms with E-state index < -0.39 is 41.9 Å². The fourth-order valence-electron chi connectivity index (χ4n) is 3.86. The summed E-state index contributed by atoms with van der Waals surface area (Å²) in [6, 6.07) is 13.2. The van der Waals surface area contributed by atoms with Crippen LogP contribution in [0.25, 0.3) is 11.1 Å². The largest absolute Gasteiger partial charge is 0.481 e. The number of alkyl carbamates (subject to hydrolysis) is 1. The van der Waals surface area contributed by atoms with Gasteiger partial charge in [-0.2, -0.15) is 0 Å². The molecule has 1 aliphatic rings. The van der Waals surface area contributed by atoms with E-state index in [0.717, 1.165) is 22.3 Å². The maximum absolute atomic E-state index is 12.6. The molecule has 0 aliphatic heterocycles. The number of benzene rings is 2. The minimum atomic E-state index is -1.68. The van der Waals surface area contributed by atoms with Crippen LogP contribution in [0.5, 0.6) is 0 Å².